The van der Waals surface area contributed by atoms with E-state index in [0.29, 0.717) is 13.0 Å². The van der Waals surface area contributed by atoms with Crippen LogP contribution in [0.5, 0.6) is 5.75 Å². The van der Waals surface area contributed by atoms with Crippen LogP contribution in [0.3, 0.4) is 0 Å². The van der Waals surface area contributed by atoms with Crippen LogP contribution in [0.2, 0.25) is 0 Å². The molecule has 0 saturated carbocycles. The largest absolute Gasteiger partial charge is 0.494 e. The summed E-state index contributed by atoms with van der Waals surface area (Å²) in [5.41, 5.74) is 1.71. The number of aliphatic hydroxyl groups is 1. The fourth-order valence-corrected chi connectivity index (χ4v) is 2.11. The fraction of sp³-hybridized carbons (Fsp3) is 0.312. The molecule has 0 saturated heterocycles. The SMILES string of the molecule is CCCOc1cccc(C(O)Cc2ccc(Br)cn2)c1. The zero-order valence-electron chi connectivity index (χ0n) is 11.4. The Balaban J connectivity index is 2.04. The zero-order chi connectivity index (χ0) is 14.4. The second-order valence-electron chi connectivity index (χ2n) is 4.61. The molecule has 0 radical (unpaired) electrons. The summed E-state index contributed by atoms with van der Waals surface area (Å²) in [4.78, 5) is 4.28. The van der Waals surface area contributed by atoms with Gasteiger partial charge in [-0.05, 0) is 52.2 Å². The number of halogens is 1. The van der Waals surface area contributed by atoms with E-state index in [1.54, 1.807) is 6.20 Å². The molecule has 4 heteroatoms. The highest BCUT2D eigenvalue weighted by atomic mass is 79.9. The lowest BCUT2D eigenvalue weighted by molar-refractivity contribution is 0.176. The molecule has 0 amide bonds. The van der Waals surface area contributed by atoms with Gasteiger partial charge >= 0.3 is 0 Å². The first-order valence-corrected chi connectivity index (χ1v) is 7.49. The van der Waals surface area contributed by atoms with E-state index in [0.717, 1.165) is 27.9 Å². The number of aliphatic hydroxyl groups excluding tert-OH is 1. The van der Waals surface area contributed by atoms with Gasteiger partial charge in [0.15, 0.2) is 0 Å². The van der Waals surface area contributed by atoms with Crippen molar-refractivity contribution in [2.24, 2.45) is 0 Å². The van der Waals surface area contributed by atoms with E-state index in [-0.39, 0.29) is 0 Å². The third-order valence-corrected chi connectivity index (χ3v) is 3.38. The molecule has 1 aromatic carbocycles. The highest BCUT2D eigenvalue weighted by molar-refractivity contribution is 9.10. The van der Waals surface area contributed by atoms with Crippen LogP contribution in [0.15, 0.2) is 47.1 Å². The van der Waals surface area contributed by atoms with Crippen LogP contribution in [-0.2, 0) is 6.42 Å². The summed E-state index contributed by atoms with van der Waals surface area (Å²) >= 11 is 3.35. The van der Waals surface area contributed by atoms with Crippen molar-refractivity contribution in [2.45, 2.75) is 25.9 Å². The number of benzene rings is 1. The average molecular weight is 336 g/mol. The number of nitrogens with zero attached hydrogens (tertiary/aromatic N) is 1. The van der Waals surface area contributed by atoms with E-state index in [1.807, 2.05) is 36.4 Å². The Morgan fingerprint density at radius 2 is 2.15 bits per heavy atom. The van der Waals surface area contributed by atoms with Crippen molar-refractivity contribution in [3.05, 3.63) is 58.3 Å². The third-order valence-electron chi connectivity index (χ3n) is 2.91. The molecular formula is C16H18BrNO2. The van der Waals surface area contributed by atoms with Crippen molar-refractivity contribution in [3.63, 3.8) is 0 Å². The van der Waals surface area contributed by atoms with E-state index in [2.05, 4.69) is 27.8 Å². The van der Waals surface area contributed by atoms with E-state index in [9.17, 15) is 5.11 Å². The molecule has 0 fully saturated rings. The zero-order valence-corrected chi connectivity index (χ0v) is 13.0. The van der Waals surface area contributed by atoms with Crippen LogP contribution in [0, 0.1) is 0 Å². The standard InChI is InChI=1S/C16H18BrNO2/c1-2-8-20-15-5-3-4-12(9-15)16(19)10-14-7-6-13(17)11-18-14/h3-7,9,11,16,19H,2,8,10H2,1H3. The molecule has 0 aliphatic heterocycles. The molecule has 3 nitrogen and oxygen atoms in total. The fourth-order valence-electron chi connectivity index (χ4n) is 1.87. The molecule has 1 atom stereocenters. The number of aromatic nitrogens is 1. The van der Waals surface area contributed by atoms with Gasteiger partial charge < -0.3 is 9.84 Å². The second-order valence-corrected chi connectivity index (χ2v) is 5.52. The van der Waals surface area contributed by atoms with Gasteiger partial charge in [0, 0.05) is 22.8 Å². The molecule has 20 heavy (non-hydrogen) atoms. The van der Waals surface area contributed by atoms with Gasteiger partial charge in [0.1, 0.15) is 5.75 Å². The highest BCUT2D eigenvalue weighted by Crippen LogP contribution is 2.22. The third kappa shape index (κ3) is 4.32. The normalized spacial score (nSPS) is 12.2. The Bertz CT molecular complexity index is 542. The first-order valence-electron chi connectivity index (χ1n) is 6.70. The van der Waals surface area contributed by atoms with E-state index < -0.39 is 6.10 Å². The van der Waals surface area contributed by atoms with Crippen LogP contribution in [-0.4, -0.2) is 16.7 Å². The summed E-state index contributed by atoms with van der Waals surface area (Å²) < 4.78 is 6.51. The molecule has 0 aliphatic carbocycles. The van der Waals surface area contributed by atoms with Crippen LogP contribution >= 0.6 is 15.9 Å². The van der Waals surface area contributed by atoms with Crippen molar-refractivity contribution in [2.75, 3.05) is 6.61 Å². The Hall–Kier alpha value is -1.39. The maximum absolute atomic E-state index is 10.3. The first kappa shape index (κ1) is 15.0. The average Bonchev–Trinajstić information content (AvgIpc) is 2.48. The van der Waals surface area contributed by atoms with Gasteiger partial charge in [0.2, 0.25) is 0 Å². The summed E-state index contributed by atoms with van der Waals surface area (Å²) in [6.07, 6.45) is 2.62. The molecular weight excluding hydrogens is 318 g/mol. The number of hydrogen-bond acceptors (Lipinski definition) is 3. The van der Waals surface area contributed by atoms with Gasteiger partial charge in [-0.1, -0.05) is 19.1 Å². The molecule has 0 aliphatic rings. The predicted octanol–water partition coefficient (Wildman–Crippen LogP) is 3.91. The second kappa shape index (κ2) is 7.41. The first-order chi connectivity index (χ1) is 9.69. The molecule has 1 N–H and O–H groups in total. The quantitative estimate of drug-likeness (QED) is 0.870. The van der Waals surface area contributed by atoms with Gasteiger partial charge in [0.05, 0.1) is 12.7 Å². The Morgan fingerprint density at radius 3 is 2.85 bits per heavy atom. The Morgan fingerprint density at radius 1 is 1.30 bits per heavy atom. The molecule has 0 bridgehead atoms. The summed E-state index contributed by atoms with van der Waals surface area (Å²) in [5.74, 6) is 0.798. The summed E-state index contributed by atoms with van der Waals surface area (Å²) in [5, 5.41) is 10.3. The van der Waals surface area contributed by atoms with Gasteiger partial charge in [-0.3, -0.25) is 4.98 Å². The molecule has 1 aromatic heterocycles. The molecule has 1 unspecified atom stereocenters. The van der Waals surface area contributed by atoms with Crippen molar-refractivity contribution >= 4 is 15.9 Å². The molecule has 0 spiro atoms. The molecule has 1 heterocycles. The van der Waals surface area contributed by atoms with Crippen LogP contribution < -0.4 is 4.74 Å². The summed E-state index contributed by atoms with van der Waals surface area (Å²) in [7, 11) is 0. The van der Waals surface area contributed by atoms with Crippen LogP contribution in [0.25, 0.3) is 0 Å². The number of pyridine rings is 1. The minimum Gasteiger partial charge on any atom is -0.494 e. The van der Waals surface area contributed by atoms with E-state index in [1.165, 1.54) is 0 Å². The summed E-state index contributed by atoms with van der Waals surface area (Å²) in [6, 6.07) is 11.4. The number of rotatable bonds is 6. The lowest BCUT2D eigenvalue weighted by atomic mass is 10.0. The van der Waals surface area contributed by atoms with Crippen molar-refractivity contribution in [1.29, 1.82) is 0 Å². The lowest BCUT2D eigenvalue weighted by Crippen LogP contribution is -2.04. The van der Waals surface area contributed by atoms with Crippen LogP contribution in [0.4, 0.5) is 0 Å². The topological polar surface area (TPSA) is 42.4 Å². The minimum absolute atomic E-state index is 0.491. The van der Waals surface area contributed by atoms with Crippen molar-refractivity contribution in [3.8, 4) is 5.75 Å². The molecule has 2 aromatic rings. The monoisotopic (exact) mass is 335 g/mol. The van der Waals surface area contributed by atoms with Crippen LogP contribution in [0.1, 0.15) is 30.7 Å². The number of hydrogen-bond donors (Lipinski definition) is 1. The minimum atomic E-state index is -0.575. The van der Waals surface area contributed by atoms with Gasteiger partial charge in [-0.15, -0.1) is 0 Å². The molecule has 2 rings (SSSR count). The van der Waals surface area contributed by atoms with Gasteiger partial charge in [-0.2, -0.15) is 0 Å². The smallest absolute Gasteiger partial charge is 0.119 e. The van der Waals surface area contributed by atoms with E-state index >= 15 is 0 Å². The predicted molar refractivity (Wildman–Crippen MR) is 82.8 cm³/mol. The summed E-state index contributed by atoms with van der Waals surface area (Å²) in [6.45, 7) is 2.76. The number of ether oxygens (including phenoxy) is 1. The maximum Gasteiger partial charge on any atom is 0.119 e. The van der Waals surface area contributed by atoms with Crippen molar-refractivity contribution in [1.82, 2.24) is 4.98 Å². The maximum atomic E-state index is 10.3. The van der Waals surface area contributed by atoms with Crippen molar-refractivity contribution < 1.29 is 9.84 Å². The van der Waals surface area contributed by atoms with Gasteiger partial charge in [0.25, 0.3) is 0 Å². The van der Waals surface area contributed by atoms with E-state index in [4.69, 9.17) is 4.74 Å². The lowest BCUT2D eigenvalue weighted by Gasteiger charge is -2.12. The Labute approximate surface area is 127 Å². The highest BCUT2D eigenvalue weighted by Gasteiger charge is 2.10. The Kier molecular flexibility index (Phi) is 5.56. The molecule has 106 valence electrons. The van der Waals surface area contributed by atoms with Gasteiger partial charge in [-0.25, -0.2) is 0 Å².